The first-order valence-corrected chi connectivity index (χ1v) is 8.89. The highest BCUT2D eigenvalue weighted by molar-refractivity contribution is 6.02. The molecule has 154 valence electrons. The van der Waals surface area contributed by atoms with Crippen LogP contribution >= 0.6 is 0 Å². The molecule has 0 bridgehead atoms. The van der Waals surface area contributed by atoms with Crippen molar-refractivity contribution < 1.29 is 33.7 Å². The summed E-state index contributed by atoms with van der Waals surface area (Å²) in [4.78, 5) is 35.6. The van der Waals surface area contributed by atoms with Crippen LogP contribution in [0.3, 0.4) is 0 Å². The van der Waals surface area contributed by atoms with Gasteiger partial charge in [0, 0.05) is 11.8 Å². The maximum Gasteiger partial charge on any atom is 0.338 e. The number of ether oxygens (including phenoxy) is 3. The molecule has 29 heavy (non-hydrogen) atoms. The maximum atomic E-state index is 12.0. The van der Waals surface area contributed by atoms with Crippen molar-refractivity contribution in [3.05, 3.63) is 48.0 Å². The molecule has 2 rings (SSSR count). The number of hydrogen-bond donors (Lipinski definition) is 3. The number of imide groups is 1. The molecule has 3 N–H and O–H groups in total. The molecule has 0 saturated heterocycles. The summed E-state index contributed by atoms with van der Waals surface area (Å²) >= 11 is 0. The second-order valence-corrected chi connectivity index (χ2v) is 5.66. The van der Waals surface area contributed by atoms with Crippen LogP contribution in [0.4, 0.5) is 10.5 Å². The number of amides is 3. The highest BCUT2D eigenvalue weighted by Crippen LogP contribution is 2.30. The number of carbonyl (C=O) groups is 3. The summed E-state index contributed by atoms with van der Waals surface area (Å²) in [5, 5.41) is 13.9. The summed E-state index contributed by atoms with van der Waals surface area (Å²) < 4.78 is 15.7. The predicted octanol–water partition coefficient (Wildman–Crippen LogP) is 2.69. The van der Waals surface area contributed by atoms with Gasteiger partial charge >= 0.3 is 12.0 Å². The molecule has 0 unspecified atom stereocenters. The minimum atomic E-state index is -0.813. The van der Waals surface area contributed by atoms with E-state index < -0.39 is 24.5 Å². The topological polar surface area (TPSA) is 123 Å². The molecule has 2 aromatic carbocycles. The lowest BCUT2D eigenvalue weighted by molar-refractivity contribution is -0.123. The van der Waals surface area contributed by atoms with E-state index >= 15 is 0 Å². The Balaban J connectivity index is 1.87. The molecule has 0 atom stereocenters. The number of hydrogen-bond acceptors (Lipinski definition) is 7. The molecule has 9 heteroatoms. The third-order valence-corrected chi connectivity index (χ3v) is 3.47. The molecule has 0 aromatic heterocycles. The molecular formula is C20H22N2O7. The first-order chi connectivity index (χ1) is 13.9. The average molecular weight is 402 g/mol. The Bertz CT molecular complexity index is 883. The van der Waals surface area contributed by atoms with E-state index in [0.717, 1.165) is 0 Å². The number of phenolic OH excluding ortho intramolecular Hbond substituents is 1. The Morgan fingerprint density at radius 3 is 2.38 bits per heavy atom. The Labute approximate surface area is 167 Å². The highest BCUT2D eigenvalue weighted by atomic mass is 16.5. The Kier molecular flexibility index (Phi) is 7.84. The molecule has 0 aliphatic heterocycles. The van der Waals surface area contributed by atoms with Gasteiger partial charge in [-0.2, -0.15) is 0 Å². The molecule has 0 saturated carbocycles. The largest absolute Gasteiger partial charge is 0.508 e. The minimum absolute atomic E-state index is 0.0834. The zero-order valence-electron chi connectivity index (χ0n) is 16.1. The van der Waals surface area contributed by atoms with E-state index in [-0.39, 0.29) is 11.3 Å². The van der Waals surface area contributed by atoms with Crippen LogP contribution in [-0.4, -0.2) is 42.8 Å². The molecule has 0 aliphatic carbocycles. The fourth-order valence-corrected chi connectivity index (χ4v) is 2.30. The summed E-state index contributed by atoms with van der Waals surface area (Å²) in [5.74, 6) is -0.727. The smallest absolute Gasteiger partial charge is 0.338 e. The number of esters is 1. The molecule has 0 fully saturated rings. The van der Waals surface area contributed by atoms with Crippen LogP contribution in [0.25, 0.3) is 0 Å². The van der Waals surface area contributed by atoms with Crippen LogP contribution in [0, 0.1) is 0 Å². The molecule has 3 amide bonds. The number of urea groups is 1. The van der Waals surface area contributed by atoms with Gasteiger partial charge in [-0.25, -0.2) is 9.59 Å². The lowest BCUT2D eigenvalue weighted by atomic mass is 10.2. The number of rotatable bonds is 8. The van der Waals surface area contributed by atoms with Crippen LogP contribution in [0.2, 0.25) is 0 Å². The standard InChI is InChI=1S/C20H22N2O7/c1-3-27-16-9-8-14(11-17(16)28-4-2)21-20(26)22-18(24)12-29-19(25)13-6-5-7-15(23)10-13/h5-11,23H,3-4,12H2,1-2H3,(H2,21,22,24,26). The molecule has 2 aromatic rings. The zero-order valence-corrected chi connectivity index (χ0v) is 16.1. The third-order valence-electron chi connectivity index (χ3n) is 3.47. The van der Waals surface area contributed by atoms with Gasteiger partial charge in [-0.15, -0.1) is 0 Å². The number of benzene rings is 2. The number of phenols is 1. The molecule has 0 radical (unpaired) electrons. The van der Waals surface area contributed by atoms with Crippen molar-refractivity contribution in [2.75, 3.05) is 25.1 Å². The Hall–Kier alpha value is -3.75. The second-order valence-electron chi connectivity index (χ2n) is 5.66. The summed E-state index contributed by atoms with van der Waals surface area (Å²) in [7, 11) is 0. The lowest BCUT2D eigenvalue weighted by Crippen LogP contribution is -2.37. The normalized spacial score (nSPS) is 10.0. The van der Waals surface area contributed by atoms with Gasteiger partial charge in [-0.05, 0) is 44.2 Å². The Morgan fingerprint density at radius 2 is 1.69 bits per heavy atom. The van der Waals surface area contributed by atoms with Crippen LogP contribution in [0.15, 0.2) is 42.5 Å². The fraction of sp³-hybridized carbons (Fsp3) is 0.250. The highest BCUT2D eigenvalue weighted by Gasteiger charge is 2.14. The van der Waals surface area contributed by atoms with Gasteiger partial charge in [0.05, 0.1) is 18.8 Å². The van der Waals surface area contributed by atoms with Gasteiger partial charge < -0.3 is 24.6 Å². The van der Waals surface area contributed by atoms with Gasteiger partial charge in [0.1, 0.15) is 5.75 Å². The summed E-state index contributed by atoms with van der Waals surface area (Å²) in [6, 6.07) is 9.50. The van der Waals surface area contributed by atoms with Crippen molar-refractivity contribution in [2.45, 2.75) is 13.8 Å². The molecule has 0 aliphatic rings. The van der Waals surface area contributed by atoms with Gasteiger partial charge in [-0.1, -0.05) is 6.07 Å². The van der Waals surface area contributed by atoms with Crippen molar-refractivity contribution in [1.82, 2.24) is 5.32 Å². The van der Waals surface area contributed by atoms with Crippen LogP contribution in [0.5, 0.6) is 17.2 Å². The quantitative estimate of drug-likeness (QED) is 0.580. The second kappa shape index (κ2) is 10.5. The average Bonchev–Trinajstić information content (AvgIpc) is 2.68. The van der Waals surface area contributed by atoms with Crippen molar-refractivity contribution in [2.24, 2.45) is 0 Å². The van der Waals surface area contributed by atoms with Crippen LogP contribution < -0.4 is 20.1 Å². The molecular weight excluding hydrogens is 380 g/mol. The summed E-state index contributed by atoms with van der Waals surface area (Å²) in [6.45, 7) is 3.88. The van der Waals surface area contributed by atoms with Gasteiger partial charge in [0.15, 0.2) is 18.1 Å². The maximum absolute atomic E-state index is 12.0. The predicted molar refractivity (Wildman–Crippen MR) is 104 cm³/mol. The fourth-order valence-electron chi connectivity index (χ4n) is 2.30. The van der Waals surface area contributed by atoms with Crippen molar-refractivity contribution >= 4 is 23.6 Å². The van der Waals surface area contributed by atoms with Crippen molar-refractivity contribution in [1.29, 1.82) is 0 Å². The Morgan fingerprint density at radius 1 is 0.966 bits per heavy atom. The molecule has 0 heterocycles. The number of anilines is 1. The SMILES string of the molecule is CCOc1ccc(NC(=O)NC(=O)COC(=O)c2cccc(O)c2)cc1OCC. The molecule has 0 spiro atoms. The van der Waals surface area contributed by atoms with E-state index in [1.807, 2.05) is 13.8 Å². The van der Waals surface area contributed by atoms with E-state index in [1.165, 1.54) is 24.3 Å². The van der Waals surface area contributed by atoms with Crippen LogP contribution in [0.1, 0.15) is 24.2 Å². The number of aromatic hydroxyl groups is 1. The lowest BCUT2D eigenvalue weighted by Gasteiger charge is -2.13. The monoisotopic (exact) mass is 402 g/mol. The third kappa shape index (κ3) is 6.73. The van der Waals surface area contributed by atoms with Gasteiger partial charge in [0.2, 0.25) is 0 Å². The minimum Gasteiger partial charge on any atom is -0.508 e. The van der Waals surface area contributed by atoms with Gasteiger partial charge in [-0.3, -0.25) is 10.1 Å². The first kappa shape index (κ1) is 21.5. The van der Waals surface area contributed by atoms with Crippen LogP contribution in [-0.2, 0) is 9.53 Å². The number of nitrogens with one attached hydrogen (secondary N) is 2. The zero-order chi connectivity index (χ0) is 21.2. The van der Waals surface area contributed by atoms with E-state index in [9.17, 15) is 19.5 Å². The van der Waals surface area contributed by atoms with E-state index in [2.05, 4.69) is 10.6 Å². The van der Waals surface area contributed by atoms with Gasteiger partial charge in [0.25, 0.3) is 5.91 Å². The molecule has 9 nitrogen and oxygen atoms in total. The first-order valence-electron chi connectivity index (χ1n) is 8.89. The summed E-state index contributed by atoms with van der Waals surface area (Å²) in [5.41, 5.74) is 0.471. The van der Waals surface area contributed by atoms with Crippen molar-refractivity contribution in [3.63, 3.8) is 0 Å². The number of carbonyl (C=O) groups excluding carboxylic acids is 3. The van der Waals surface area contributed by atoms with E-state index in [1.54, 1.807) is 18.2 Å². The van der Waals surface area contributed by atoms with Crippen molar-refractivity contribution in [3.8, 4) is 17.2 Å². The van der Waals surface area contributed by atoms with E-state index in [4.69, 9.17) is 14.2 Å². The van der Waals surface area contributed by atoms with E-state index in [0.29, 0.717) is 30.4 Å². The summed E-state index contributed by atoms with van der Waals surface area (Å²) in [6.07, 6.45) is 0.